The van der Waals surface area contributed by atoms with Crippen LogP contribution < -0.4 is 14.8 Å². The van der Waals surface area contributed by atoms with Gasteiger partial charge in [0.05, 0.1) is 12.8 Å². The number of benzene rings is 3. The highest BCUT2D eigenvalue weighted by Crippen LogP contribution is 2.51. The van der Waals surface area contributed by atoms with E-state index in [0.29, 0.717) is 23.3 Å². The Balaban J connectivity index is 1.16. The van der Waals surface area contributed by atoms with Gasteiger partial charge in [-0.2, -0.15) is 0 Å². The third-order valence-corrected chi connectivity index (χ3v) is 7.15. The van der Waals surface area contributed by atoms with E-state index in [0.717, 1.165) is 35.4 Å². The van der Waals surface area contributed by atoms with Crippen LogP contribution in [0.3, 0.4) is 0 Å². The maximum Gasteiger partial charge on any atom is 0.416 e. The van der Waals surface area contributed by atoms with Gasteiger partial charge in [0.2, 0.25) is 0 Å². The Morgan fingerprint density at radius 2 is 1.67 bits per heavy atom. The molecular formula is C31H32N2O6. The van der Waals surface area contributed by atoms with Crippen molar-refractivity contribution in [2.75, 3.05) is 13.7 Å². The summed E-state index contributed by atoms with van der Waals surface area (Å²) < 4.78 is 16.6. The minimum atomic E-state index is -1.11. The van der Waals surface area contributed by atoms with E-state index in [-0.39, 0.29) is 12.8 Å². The molecule has 3 atom stereocenters. The molecule has 0 spiro atoms. The molecule has 0 radical (unpaired) electrons. The Morgan fingerprint density at radius 3 is 2.33 bits per heavy atom. The summed E-state index contributed by atoms with van der Waals surface area (Å²) in [6, 6.07) is 24.7. The number of nitrogens with one attached hydrogen (secondary N) is 1. The van der Waals surface area contributed by atoms with E-state index in [9.17, 15) is 14.7 Å². The molecule has 3 aromatic carbocycles. The van der Waals surface area contributed by atoms with Crippen molar-refractivity contribution in [1.29, 1.82) is 0 Å². The normalized spacial score (nSPS) is 19.6. The van der Waals surface area contributed by atoms with Gasteiger partial charge in [0.1, 0.15) is 23.8 Å². The van der Waals surface area contributed by atoms with Crippen molar-refractivity contribution < 1.29 is 28.9 Å². The van der Waals surface area contributed by atoms with E-state index in [1.165, 1.54) is 10.5 Å². The van der Waals surface area contributed by atoms with Crippen molar-refractivity contribution >= 4 is 12.1 Å². The van der Waals surface area contributed by atoms with E-state index in [1.54, 1.807) is 31.4 Å². The number of hydrogen-bond donors (Lipinski definition) is 2. The molecule has 1 unspecified atom stereocenters. The number of rotatable bonds is 10. The lowest BCUT2D eigenvalue weighted by Crippen LogP contribution is -2.37. The first-order chi connectivity index (χ1) is 18.9. The summed E-state index contributed by atoms with van der Waals surface area (Å²) in [7, 11) is 1.55. The molecule has 8 nitrogen and oxygen atoms in total. The number of aliphatic carboxylic acids is 1. The summed E-state index contributed by atoms with van der Waals surface area (Å²) >= 11 is 0. The van der Waals surface area contributed by atoms with Gasteiger partial charge < -0.3 is 24.6 Å². The number of allylic oxidation sites excluding steroid dienone is 2. The van der Waals surface area contributed by atoms with E-state index in [4.69, 9.17) is 14.2 Å². The SMILES string of the molecule is COc1ccc(OC(=O)N(CC(=O)O)Cc2ccc([C@H]3C[C@H]3CC3=C(C)OC(c4ccccc4)N3)cc2)cc1. The van der Waals surface area contributed by atoms with E-state index >= 15 is 0 Å². The zero-order valence-electron chi connectivity index (χ0n) is 22.0. The van der Waals surface area contributed by atoms with Crippen LogP contribution >= 0.6 is 0 Å². The number of hydrogen-bond acceptors (Lipinski definition) is 6. The average Bonchev–Trinajstić information content (AvgIpc) is 3.62. The molecule has 1 aliphatic heterocycles. The van der Waals surface area contributed by atoms with E-state index < -0.39 is 18.6 Å². The molecule has 5 rings (SSSR count). The minimum Gasteiger partial charge on any atom is -0.497 e. The van der Waals surface area contributed by atoms with E-state index in [1.807, 2.05) is 37.3 Å². The first-order valence-corrected chi connectivity index (χ1v) is 13.0. The van der Waals surface area contributed by atoms with Gasteiger partial charge in [0, 0.05) is 12.1 Å². The molecule has 1 saturated carbocycles. The van der Waals surface area contributed by atoms with Crippen molar-refractivity contribution in [1.82, 2.24) is 10.2 Å². The Hall–Kier alpha value is -4.46. The number of nitrogens with zero attached hydrogens (tertiary/aromatic N) is 1. The molecule has 3 aromatic rings. The molecular weight excluding hydrogens is 496 g/mol. The van der Waals surface area contributed by atoms with Crippen molar-refractivity contribution in [3.05, 3.63) is 107 Å². The Labute approximate surface area is 227 Å². The molecule has 1 fully saturated rings. The molecule has 1 amide bonds. The Morgan fingerprint density at radius 1 is 0.974 bits per heavy atom. The van der Waals surface area contributed by atoms with Crippen molar-refractivity contribution in [3.8, 4) is 11.5 Å². The lowest BCUT2D eigenvalue weighted by molar-refractivity contribution is -0.138. The van der Waals surface area contributed by atoms with Crippen LogP contribution in [0.2, 0.25) is 0 Å². The predicted molar refractivity (Wildman–Crippen MR) is 145 cm³/mol. The van der Waals surface area contributed by atoms with Gasteiger partial charge >= 0.3 is 12.1 Å². The number of carbonyl (C=O) groups is 2. The van der Waals surface area contributed by atoms with Crippen LogP contribution in [0.15, 0.2) is 90.3 Å². The van der Waals surface area contributed by atoms with Crippen molar-refractivity contribution in [2.45, 2.75) is 38.5 Å². The van der Waals surface area contributed by atoms with Gasteiger partial charge in [-0.1, -0.05) is 54.6 Å². The number of ether oxygens (including phenoxy) is 3. The van der Waals surface area contributed by atoms with Gasteiger partial charge in [0.15, 0.2) is 6.23 Å². The van der Waals surface area contributed by atoms with Crippen LogP contribution in [0.4, 0.5) is 4.79 Å². The average molecular weight is 529 g/mol. The van der Waals surface area contributed by atoms with Crippen molar-refractivity contribution in [3.63, 3.8) is 0 Å². The molecule has 0 bridgehead atoms. The topological polar surface area (TPSA) is 97.3 Å². The number of carbonyl (C=O) groups excluding carboxylic acids is 1. The van der Waals surface area contributed by atoms with Crippen LogP contribution in [-0.2, 0) is 16.1 Å². The molecule has 202 valence electrons. The zero-order valence-corrected chi connectivity index (χ0v) is 22.0. The van der Waals surface area contributed by atoms with Crippen LogP contribution in [-0.4, -0.2) is 35.7 Å². The summed E-state index contributed by atoms with van der Waals surface area (Å²) in [6.45, 7) is 1.68. The second-order valence-electron chi connectivity index (χ2n) is 9.93. The number of methoxy groups -OCH3 is 1. The van der Waals surface area contributed by atoms with Gasteiger partial charge in [-0.3, -0.25) is 9.69 Å². The van der Waals surface area contributed by atoms with Crippen LogP contribution in [0.1, 0.15) is 48.6 Å². The lowest BCUT2D eigenvalue weighted by atomic mass is 10.0. The molecule has 0 aromatic heterocycles. The third kappa shape index (κ3) is 6.52. The second-order valence-corrected chi connectivity index (χ2v) is 9.93. The van der Waals surface area contributed by atoms with Crippen LogP contribution in [0.25, 0.3) is 0 Å². The van der Waals surface area contributed by atoms with Gasteiger partial charge in [0.25, 0.3) is 0 Å². The quantitative estimate of drug-likeness (QED) is 0.342. The van der Waals surface area contributed by atoms with Crippen molar-refractivity contribution in [2.24, 2.45) is 5.92 Å². The van der Waals surface area contributed by atoms with Gasteiger partial charge in [-0.05, 0) is 67.0 Å². The predicted octanol–water partition coefficient (Wildman–Crippen LogP) is 5.82. The molecule has 8 heteroatoms. The fourth-order valence-electron chi connectivity index (χ4n) is 4.91. The molecule has 2 aliphatic rings. The highest BCUT2D eigenvalue weighted by Gasteiger charge is 2.40. The molecule has 0 saturated heterocycles. The highest BCUT2D eigenvalue weighted by molar-refractivity contribution is 5.78. The maximum absolute atomic E-state index is 12.7. The molecule has 2 N–H and O–H groups in total. The maximum atomic E-state index is 12.7. The van der Waals surface area contributed by atoms with Crippen LogP contribution in [0, 0.1) is 5.92 Å². The summed E-state index contributed by atoms with van der Waals surface area (Å²) in [4.78, 5) is 25.3. The summed E-state index contributed by atoms with van der Waals surface area (Å²) in [5.41, 5.74) is 4.34. The van der Waals surface area contributed by atoms with Gasteiger partial charge in [-0.25, -0.2) is 4.79 Å². The molecule has 39 heavy (non-hydrogen) atoms. The van der Waals surface area contributed by atoms with Gasteiger partial charge in [-0.15, -0.1) is 0 Å². The Kier molecular flexibility index (Phi) is 7.72. The fraction of sp³-hybridized carbons (Fsp3) is 0.290. The van der Waals surface area contributed by atoms with Crippen LogP contribution in [0.5, 0.6) is 11.5 Å². The van der Waals surface area contributed by atoms with E-state index in [2.05, 4.69) is 29.6 Å². The largest absolute Gasteiger partial charge is 0.497 e. The number of carboxylic acid groups (broad SMARTS) is 1. The monoisotopic (exact) mass is 528 g/mol. The zero-order chi connectivity index (χ0) is 27.4. The third-order valence-electron chi connectivity index (χ3n) is 7.15. The first-order valence-electron chi connectivity index (χ1n) is 13.0. The Bertz CT molecular complexity index is 1340. The fourth-order valence-corrected chi connectivity index (χ4v) is 4.91. The summed E-state index contributed by atoms with van der Waals surface area (Å²) in [6.07, 6.45) is 1.18. The summed E-state index contributed by atoms with van der Waals surface area (Å²) in [5.74, 6) is 1.79. The minimum absolute atomic E-state index is 0.129. The number of carboxylic acids is 1. The lowest BCUT2D eigenvalue weighted by Gasteiger charge is -2.20. The number of amides is 1. The highest BCUT2D eigenvalue weighted by atomic mass is 16.6. The smallest absolute Gasteiger partial charge is 0.416 e. The molecule has 1 heterocycles. The summed E-state index contributed by atoms with van der Waals surface area (Å²) in [5, 5.41) is 12.9. The standard InChI is InChI=1S/C31H32N2O6/c1-20-28(32-30(38-20)23-6-4-3-5-7-23)17-24-16-27(24)22-10-8-21(9-11-22)18-33(19-29(34)35)31(36)39-26-14-12-25(37-2)13-15-26/h3-15,24,27,30,32H,16-19H2,1-2H3,(H,34,35)/t24-,27+,30?/m0/s1. The second kappa shape index (κ2) is 11.5. The molecule has 1 aliphatic carbocycles. The first kappa shape index (κ1) is 26.2.